The number of carbonyl (C=O) groups is 2. The molecule has 0 spiro atoms. The largest absolute Gasteiger partial charge is 0.339 e. The van der Waals surface area contributed by atoms with Crippen molar-refractivity contribution in [3.05, 3.63) is 48.6 Å². The molecule has 1 saturated heterocycles. The first-order chi connectivity index (χ1) is 9.56. The second kappa shape index (κ2) is 5.90. The molecule has 0 radical (unpaired) electrons. The van der Waals surface area contributed by atoms with E-state index in [0.29, 0.717) is 6.54 Å². The number of piperazine rings is 1. The van der Waals surface area contributed by atoms with Crippen LogP contribution in [0.3, 0.4) is 0 Å². The van der Waals surface area contributed by atoms with Gasteiger partial charge in [0.1, 0.15) is 12.1 Å². The van der Waals surface area contributed by atoms with Gasteiger partial charge in [0.15, 0.2) is 0 Å². The van der Waals surface area contributed by atoms with Crippen LogP contribution in [0.5, 0.6) is 0 Å². The first kappa shape index (κ1) is 14.3. The predicted octanol–water partition coefficient (Wildman–Crippen LogP) is 1.90. The van der Waals surface area contributed by atoms with Crippen molar-refractivity contribution in [3.8, 4) is 0 Å². The molecule has 1 aliphatic heterocycles. The highest BCUT2D eigenvalue weighted by atomic mass is 16.2. The van der Waals surface area contributed by atoms with Crippen molar-refractivity contribution in [2.24, 2.45) is 5.92 Å². The lowest BCUT2D eigenvalue weighted by Gasteiger charge is -2.40. The van der Waals surface area contributed by atoms with Crippen LogP contribution in [0.4, 0.5) is 0 Å². The molecule has 20 heavy (non-hydrogen) atoms. The normalized spacial score (nSPS) is 22.9. The van der Waals surface area contributed by atoms with Crippen LogP contribution in [0.1, 0.15) is 25.5 Å². The Morgan fingerprint density at radius 2 is 1.95 bits per heavy atom. The number of rotatable bonds is 4. The van der Waals surface area contributed by atoms with Crippen LogP contribution in [0, 0.1) is 5.92 Å². The maximum atomic E-state index is 12.6. The van der Waals surface area contributed by atoms with Gasteiger partial charge < -0.3 is 10.2 Å². The minimum absolute atomic E-state index is 0.0654. The van der Waals surface area contributed by atoms with Gasteiger partial charge in [0.05, 0.1) is 0 Å². The number of hydrogen-bond acceptors (Lipinski definition) is 2. The molecule has 0 saturated carbocycles. The summed E-state index contributed by atoms with van der Waals surface area (Å²) in [4.78, 5) is 26.6. The fraction of sp³-hybridized carbons (Fsp3) is 0.375. The van der Waals surface area contributed by atoms with E-state index in [-0.39, 0.29) is 17.7 Å². The summed E-state index contributed by atoms with van der Waals surface area (Å²) in [6, 6.07) is 8.29. The average Bonchev–Trinajstić information content (AvgIpc) is 2.43. The highest BCUT2D eigenvalue weighted by Crippen LogP contribution is 2.25. The van der Waals surface area contributed by atoms with Crippen LogP contribution in [0.2, 0.25) is 0 Å². The van der Waals surface area contributed by atoms with E-state index in [2.05, 4.69) is 11.9 Å². The number of hydrogen-bond donors (Lipinski definition) is 1. The summed E-state index contributed by atoms with van der Waals surface area (Å²) in [7, 11) is 0. The first-order valence-electron chi connectivity index (χ1n) is 6.83. The topological polar surface area (TPSA) is 49.4 Å². The van der Waals surface area contributed by atoms with Crippen LogP contribution in [-0.4, -0.2) is 29.3 Å². The first-order valence-corrected chi connectivity index (χ1v) is 6.83. The number of benzene rings is 1. The van der Waals surface area contributed by atoms with Crippen LogP contribution in [-0.2, 0) is 9.59 Å². The van der Waals surface area contributed by atoms with Gasteiger partial charge in [-0.25, -0.2) is 0 Å². The van der Waals surface area contributed by atoms with E-state index >= 15 is 0 Å². The molecule has 0 bridgehead atoms. The van der Waals surface area contributed by atoms with Crippen molar-refractivity contribution in [2.75, 3.05) is 6.54 Å². The van der Waals surface area contributed by atoms with Gasteiger partial charge in [0.2, 0.25) is 5.91 Å². The lowest BCUT2D eigenvalue weighted by Crippen LogP contribution is -2.61. The highest BCUT2D eigenvalue weighted by molar-refractivity contribution is 5.97. The Morgan fingerprint density at radius 3 is 2.50 bits per heavy atom. The van der Waals surface area contributed by atoms with Gasteiger partial charge in [-0.05, 0) is 11.5 Å². The van der Waals surface area contributed by atoms with Crippen LogP contribution in [0.25, 0.3) is 0 Å². The Labute approximate surface area is 119 Å². The van der Waals surface area contributed by atoms with E-state index in [9.17, 15) is 9.59 Å². The number of carbonyl (C=O) groups excluding carboxylic acids is 2. The number of amides is 2. The third-order valence-electron chi connectivity index (χ3n) is 3.51. The SMILES string of the molecule is C=CCN1C(=O)C(c2ccccc2)NC(=O)C1C(C)C. The molecule has 1 fully saturated rings. The third kappa shape index (κ3) is 2.59. The zero-order valence-corrected chi connectivity index (χ0v) is 11.9. The molecular weight excluding hydrogens is 252 g/mol. The summed E-state index contributed by atoms with van der Waals surface area (Å²) >= 11 is 0. The molecule has 1 heterocycles. The van der Waals surface area contributed by atoms with Crippen molar-refractivity contribution in [1.29, 1.82) is 0 Å². The molecule has 4 nitrogen and oxygen atoms in total. The summed E-state index contributed by atoms with van der Waals surface area (Å²) in [5.74, 6) is -0.111. The van der Waals surface area contributed by atoms with Gasteiger partial charge in [-0.2, -0.15) is 0 Å². The fourth-order valence-corrected chi connectivity index (χ4v) is 2.61. The Hall–Kier alpha value is -2.10. The summed E-state index contributed by atoms with van der Waals surface area (Å²) in [6.07, 6.45) is 1.66. The van der Waals surface area contributed by atoms with Gasteiger partial charge in [0.25, 0.3) is 5.91 Å². The van der Waals surface area contributed by atoms with Gasteiger partial charge in [-0.15, -0.1) is 6.58 Å². The Balaban J connectivity index is 2.34. The lowest BCUT2D eigenvalue weighted by atomic mass is 9.94. The van der Waals surface area contributed by atoms with Crippen molar-refractivity contribution in [1.82, 2.24) is 10.2 Å². The molecule has 1 N–H and O–H groups in total. The molecular formula is C16H20N2O2. The second-order valence-electron chi connectivity index (χ2n) is 5.32. The quantitative estimate of drug-likeness (QED) is 0.851. The monoisotopic (exact) mass is 272 g/mol. The van der Waals surface area contributed by atoms with Crippen molar-refractivity contribution >= 4 is 11.8 Å². The Kier molecular flexibility index (Phi) is 4.23. The predicted molar refractivity (Wildman–Crippen MR) is 77.9 cm³/mol. The van der Waals surface area contributed by atoms with Gasteiger partial charge in [-0.1, -0.05) is 50.3 Å². The van der Waals surface area contributed by atoms with Crippen LogP contribution < -0.4 is 5.32 Å². The smallest absolute Gasteiger partial charge is 0.250 e. The molecule has 1 aromatic rings. The molecule has 2 amide bonds. The summed E-state index contributed by atoms with van der Waals surface area (Å²) < 4.78 is 0. The molecule has 1 aromatic carbocycles. The van der Waals surface area contributed by atoms with E-state index in [1.54, 1.807) is 11.0 Å². The Bertz CT molecular complexity index is 510. The number of nitrogens with one attached hydrogen (secondary N) is 1. The van der Waals surface area contributed by atoms with Crippen molar-refractivity contribution < 1.29 is 9.59 Å². The number of nitrogens with zero attached hydrogens (tertiary/aromatic N) is 1. The van der Waals surface area contributed by atoms with E-state index < -0.39 is 12.1 Å². The highest BCUT2D eigenvalue weighted by Gasteiger charge is 2.41. The molecule has 106 valence electrons. The molecule has 4 heteroatoms. The van der Waals surface area contributed by atoms with E-state index in [1.807, 2.05) is 44.2 Å². The van der Waals surface area contributed by atoms with Crippen molar-refractivity contribution in [3.63, 3.8) is 0 Å². The third-order valence-corrected chi connectivity index (χ3v) is 3.51. The van der Waals surface area contributed by atoms with Gasteiger partial charge in [0, 0.05) is 6.54 Å². The lowest BCUT2D eigenvalue weighted by molar-refractivity contribution is -0.150. The van der Waals surface area contributed by atoms with Crippen LogP contribution >= 0.6 is 0 Å². The van der Waals surface area contributed by atoms with Gasteiger partial charge >= 0.3 is 0 Å². The summed E-state index contributed by atoms with van der Waals surface area (Å²) in [5.41, 5.74) is 0.808. The second-order valence-corrected chi connectivity index (χ2v) is 5.32. The van der Waals surface area contributed by atoms with E-state index in [4.69, 9.17) is 0 Å². The van der Waals surface area contributed by atoms with Crippen LogP contribution in [0.15, 0.2) is 43.0 Å². The molecule has 0 aromatic heterocycles. The van der Waals surface area contributed by atoms with E-state index in [1.165, 1.54) is 0 Å². The van der Waals surface area contributed by atoms with Crippen molar-refractivity contribution in [2.45, 2.75) is 25.9 Å². The average molecular weight is 272 g/mol. The molecule has 0 aliphatic carbocycles. The fourth-order valence-electron chi connectivity index (χ4n) is 2.61. The zero-order valence-electron chi connectivity index (χ0n) is 11.9. The van der Waals surface area contributed by atoms with E-state index in [0.717, 1.165) is 5.56 Å². The zero-order chi connectivity index (χ0) is 14.7. The molecule has 1 aliphatic rings. The summed E-state index contributed by atoms with van der Waals surface area (Å²) in [5, 5.41) is 2.84. The Morgan fingerprint density at radius 1 is 1.30 bits per heavy atom. The summed E-state index contributed by atoms with van der Waals surface area (Å²) in [6.45, 7) is 7.95. The molecule has 2 unspecified atom stereocenters. The maximum Gasteiger partial charge on any atom is 0.250 e. The minimum atomic E-state index is -0.598. The standard InChI is InChI=1S/C16H20N2O2/c1-4-10-18-14(11(2)3)15(19)17-13(16(18)20)12-8-6-5-7-9-12/h4-9,11,13-14H,1,10H2,2-3H3,(H,17,19). The maximum absolute atomic E-state index is 12.6. The molecule has 2 atom stereocenters. The van der Waals surface area contributed by atoms with Gasteiger partial charge in [-0.3, -0.25) is 9.59 Å². The molecule has 2 rings (SSSR count). The minimum Gasteiger partial charge on any atom is -0.339 e.